The van der Waals surface area contributed by atoms with Crippen molar-refractivity contribution in [3.05, 3.63) is 34.6 Å². The van der Waals surface area contributed by atoms with E-state index in [1.54, 1.807) is 7.05 Å². The molecule has 0 amide bonds. The maximum absolute atomic E-state index is 5.98. The molecule has 0 spiro atoms. The second kappa shape index (κ2) is 5.68. The average molecular weight is 234 g/mol. The zero-order chi connectivity index (χ0) is 13.0. The predicted molar refractivity (Wildman–Crippen MR) is 73.8 cm³/mol. The van der Waals surface area contributed by atoms with E-state index in [0.29, 0.717) is 5.84 Å². The fraction of sp³-hybridized carbons (Fsp3) is 0.462. The monoisotopic (exact) mass is 234 g/mol. The van der Waals surface area contributed by atoms with Crippen LogP contribution >= 0.6 is 0 Å². The number of rotatable bonds is 2. The minimum atomic E-state index is 0.521. The molecular weight excluding hydrogens is 212 g/mol. The minimum Gasteiger partial charge on any atom is -0.402 e. The molecule has 0 atom stereocenters. The zero-order valence-corrected chi connectivity index (χ0v) is 10.9. The Hall–Kier alpha value is -1.55. The quantitative estimate of drug-likeness (QED) is 0.494. The number of nitrogens with two attached hydrogens (primary N) is 2. The number of aliphatic imine (C=N–C) groups is 1. The number of nitrogens with one attached hydrogen (secondary N) is 1. The van der Waals surface area contributed by atoms with Crippen LogP contribution in [0.15, 0.2) is 39.6 Å². The third-order valence-electron chi connectivity index (χ3n) is 3.10. The van der Waals surface area contributed by atoms with Crippen molar-refractivity contribution in [3.8, 4) is 0 Å². The summed E-state index contributed by atoms with van der Waals surface area (Å²) in [6.07, 6.45) is 0.937. The Morgan fingerprint density at radius 1 is 1.35 bits per heavy atom. The zero-order valence-electron chi connectivity index (χ0n) is 10.9. The van der Waals surface area contributed by atoms with Crippen molar-refractivity contribution >= 4 is 5.84 Å². The number of nitrogens with zero attached hydrogens (tertiary/aromatic N) is 1. The molecule has 0 aromatic rings. The molecule has 1 aliphatic heterocycles. The summed E-state index contributed by atoms with van der Waals surface area (Å²) in [4.78, 5) is 4.08. The Morgan fingerprint density at radius 2 is 2.00 bits per heavy atom. The summed E-state index contributed by atoms with van der Waals surface area (Å²) in [6.45, 7) is 9.68. The molecule has 4 heteroatoms. The molecule has 0 radical (unpaired) electrons. The van der Waals surface area contributed by atoms with Gasteiger partial charge in [0.15, 0.2) is 0 Å². The summed E-state index contributed by atoms with van der Waals surface area (Å²) in [5.74, 6) is 0.521. The summed E-state index contributed by atoms with van der Waals surface area (Å²) in [5.41, 5.74) is 16.8. The van der Waals surface area contributed by atoms with Crippen molar-refractivity contribution in [2.45, 2.75) is 20.3 Å². The van der Waals surface area contributed by atoms with Crippen LogP contribution in [0.1, 0.15) is 20.3 Å². The number of hydrogen-bond donors (Lipinski definition) is 3. The summed E-state index contributed by atoms with van der Waals surface area (Å²) in [5, 5.41) is 3.33. The van der Waals surface area contributed by atoms with Crippen LogP contribution in [0.5, 0.6) is 0 Å². The molecule has 1 heterocycles. The lowest BCUT2D eigenvalue weighted by molar-refractivity contribution is 0.682. The third kappa shape index (κ3) is 2.97. The van der Waals surface area contributed by atoms with Gasteiger partial charge in [0.1, 0.15) is 5.84 Å². The summed E-state index contributed by atoms with van der Waals surface area (Å²) < 4.78 is 0. The first-order valence-corrected chi connectivity index (χ1v) is 5.77. The molecule has 17 heavy (non-hydrogen) atoms. The van der Waals surface area contributed by atoms with Crippen LogP contribution in [0, 0.1) is 0 Å². The van der Waals surface area contributed by atoms with Gasteiger partial charge in [0.2, 0.25) is 0 Å². The standard InChI is InChI=1S/C13H22N4/c1-8-5-6-17-7-11(8)12(13(15)16-4)9(2)10(3)14/h17H,1,5-7,14H2,2-4H3,(H2,15,16)/b10-9-,12-11+. The topological polar surface area (TPSA) is 76.4 Å². The van der Waals surface area contributed by atoms with Crippen molar-refractivity contribution in [3.63, 3.8) is 0 Å². The van der Waals surface area contributed by atoms with E-state index in [-0.39, 0.29) is 0 Å². The predicted octanol–water partition coefficient (Wildman–Crippen LogP) is 1.07. The molecule has 0 aromatic heterocycles. The lowest BCUT2D eigenvalue weighted by Gasteiger charge is -2.23. The summed E-state index contributed by atoms with van der Waals surface area (Å²) in [7, 11) is 1.69. The summed E-state index contributed by atoms with van der Waals surface area (Å²) in [6, 6.07) is 0. The molecule has 1 rings (SSSR count). The lowest BCUT2D eigenvalue weighted by Crippen LogP contribution is -2.30. The normalized spacial score (nSPS) is 22.3. The first kappa shape index (κ1) is 13.5. The van der Waals surface area contributed by atoms with E-state index in [1.807, 2.05) is 13.8 Å². The first-order chi connectivity index (χ1) is 7.99. The van der Waals surface area contributed by atoms with Crippen LogP contribution in [-0.4, -0.2) is 26.0 Å². The smallest absolute Gasteiger partial charge is 0.126 e. The van der Waals surface area contributed by atoms with Crippen LogP contribution in [0.25, 0.3) is 0 Å². The highest BCUT2D eigenvalue weighted by Gasteiger charge is 2.18. The summed E-state index contributed by atoms with van der Waals surface area (Å²) >= 11 is 0. The molecule has 0 unspecified atom stereocenters. The lowest BCUT2D eigenvalue weighted by atomic mass is 9.90. The van der Waals surface area contributed by atoms with Gasteiger partial charge < -0.3 is 16.8 Å². The highest BCUT2D eigenvalue weighted by molar-refractivity contribution is 6.02. The van der Waals surface area contributed by atoms with Crippen molar-refractivity contribution in [1.29, 1.82) is 0 Å². The molecule has 4 nitrogen and oxygen atoms in total. The van der Waals surface area contributed by atoms with Crippen LogP contribution in [0.3, 0.4) is 0 Å². The van der Waals surface area contributed by atoms with Gasteiger partial charge in [-0.15, -0.1) is 0 Å². The number of hydrogen-bond acceptors (Lipinski definition) is 3. The first-order valence-electron chi connectivity index (χ1n) is 5.77. The number of allylic oxidation sites excluding steroid dienone is 1. The van der Waals surface area contributed by atoms with Gasteiger partial charge in [-0.2, -0.15) is 0 Å². The fourth-order valence-electron chi connectivity index (χ4n) is 1.88. The third-order valence-corrected chi connectivity index (χ3v) is 3.10. The van der Waals surface area contributed by atoms with Gasteiger partial charge in [-0.3, -0.25) is 4.99 Å². The van der Waals surface area contributed by atoms with Gasteiger partial charge in [-0.1, -0.05) is 6.58 Å². The van der Waals surface area contributed by atoms with Gasteiger partial charge >= 0.3 is 0 Å². The Balaban J connectivity index is 3.36. The van der Waals surface area contributed by atoms with Crippen molar-refractivity contribution in [2.24, 2.45) is 16.5 Å². The second-order valence-electron chi connectivity index (χ2n) is 4.30. The van der Waals surface area contributed by atoms with Crippen molar-refractivity contribution < 1.29 is 0 Å². The molecule has 0 saturated carbocycles. The average Bonchev–Trinajstić information content (AvgIpc) is 2.31. The molecule has 1 fully saturated rings. The Bertz CT molecular complexity index is 409. The van der Waals surface area contributed by atoms with Gasteiger partial charge in [-0.05, 0) is 43.5 Å². The van der Waals surface area contributed by atoms with Crippen molar-refractivity contribution in [1.82, 2.24) is 5.32 Å². The molecular formula is C13H22N4. The van der Waals surface area contributed by atoms with Crippen molar-refractivity contribution in [2.75, 3.05) is 20.1 Å². The molecule has 94 valence electrons. The van der Waals surface area contributed by atoms with E-state index in [1.165, 1.54) is 0 Å². The molecule has 1 saturated heterocycles. The Morgan fingerprint density at radius 3 is 2.47 bits per heavy atom. The highest BCUT2D eigenvalue weighted by atomic mass is 14.9. The SMILES string of the molecule is C=C1CCNC/C1=C(C(N)=NC)/C(C)=C(/C)N. The van der Waals surface area contributed by atoms with Crippen LogP contribution < -0.4 is 16.8 Å². The van der Waals surface area contributed by atoms with E-state index in [2.05, 4.69) is 16.9 Å². The molecule has 0 aliphatic carbocycles. The van der Waals surface area contributed by atoms with Gasteiger partial charge in [-0.25, -0.2) is 0 Å². The van der Waals surface area contributed by atoms with Crippen LogP contribution in [0.2, 0.25) is 0 Å². The van der Waals surface area contributed by atoms with Gasteiger partial charge in [0, 0.05) is 24.9 Å². The van der Waals surface area contributed by atoms with Crippen LogP contribution in [-0.2, 0) is 0 Å². The molecule has 0 bridgehead atoms. The minimum absolute atomic E-state index is 0.521. The Labute approximate surface area is 103 Å². The molecule has 0 aromatic carbocycles. The van der Waals surface area contributed by atoms with E-state index < -0.39 is 0 Å². The molecule has 1 aliphatic rings. The van der Waals surface area contributed by atoms with Gasteiger partial charge in [0.25, 0.3) is 0 Å². The number of amidine groups is 1. The highest BCUT2D eigenvalue weighted by Crippen LogP contribution is 2.24. The van der Waals surface area contributed by atoms with E-state index in [9.17, 15) is 0 Å². The van der Waals surface area contributed by atoms with E-state index >= 15 is 0 Å². The Kier molecular flexibility index (Phi) is 4.52. The maximum atomic E-state index is 5.98. The number of piperidine rings is 1. The second-order valence-corrected chi connectivity index (χ2v) is 4.30. The largest absolute Gasteiger partial charge is 0.402 e. The maximum Gasteiger partial charge on any atom is 0.126 e. The van der Waals surface area contributed by atoms with E-state index in [4.69, 9.17) is 11.5 Å². The van der Waals surface area contributed by atoms with Gasteiger partial charge in [0.05, 0.1) is 0 Å². The van der Waals surface area contributed by atoms with E-state index in [0.717, 1.165) is 47.5 Å². The molecule has 5 N–H and O–H groups in total. The van der Waals surface area contributed by atoms with Crippen LogP contribution in [0.4, 0.5) is 0 Å². The fourth-order valence-corrected chi connectivity index (χ4v) is 1.88.